The minimum atomic E-state index is -0.926. The first-order valence-corrected chi connectivity index (χ1v) is 5.20. The normalized spacial score (nSPS) is 22.4. The van der Waals surface area contributed by atoms with E-state index in [4.69, 9.17) is 9.47 Å². The lowest BCUT2D eigenvalue weighted by Gasteiger charge is -2.23. The Hall–Kier alpha value is -1.71. The van der Waals surface area contributed by atoms with E-state index in [0.717, 1.165) is 5.56 Å². The summed E-state index contributed by atoms with van der Waals surface area (Å²) in [7, 11) is 1.35. The third-order valence-electron chi connectivity index (χ3n) is 2.96. The standard InChI is InChI=1S/C12H14O4/c1-3-12(11(14)15-2)7-8-4-5-9(13)6-10(8)16-12/h4-6,13H,3,7H2,1-2H3/t12-/m1/s1. The van der Waals surface area contributed by atoms with Crippen molar-refractivity contribution in [2.24, 2.45) is 0 Å². The minimum Gasteiger partial charge on any atom is -0.508 e. The lowest BCUT2D eigenvalue weighted by molar-refractivity contribution is -0.157. The van der Waals surface area contributed by atoms with Crippen LogP contribution in [0.4, 0.5) is 0 Å². The molecule has 4 nitrogen and oxygen atoms in total. The summed E-state index contributed by atoms with van der Waals surface area (Å²) >= 11 is 0. The van der Waals surface area contributed by atoms with Gasteiger partial charge in [0.25, 0.3) is 0 Å². The molecule has 4 heteroatoms. The summed E-state index contributed by atoms with van der Waals surface area (Å²) in [4.78, 5) is 11.7. The van der Waals surface area contributed by atoms with E-state index in [2.05, 4.69) is 0 Å². The molecule has 1 aliphatic rings. The zero-order valence-electron chi connectivity index (χ0n) is 9.32. The lowest BCUT2D eigenvalue weighted by atomic mass is 9.94. The molecule has 0 saturated carbocycles. The van der Waals surface area contributed by atoms with Gasteiger partial charge in [0.1, 0.15) is 11.5 Å². The molecule has 0 radical (unpaired) electrons. The Kier molecular flexibility index (Phi) is 2.50. The van der Waals surface area contributed by atoms with Crippen molar-refractivity contribution in [1.82, 2.24) is 0 Å². The minimum absolute atomic E-state index is 0.135. The molecule has 0 spiro atoms. The Balaban J connectivity index is 2.35. The molecule has 1 aromatic carbocycles. The van der Waals surface area contributed by atoms with Crippen LogP contribution in [-0.2, 0) is 16.0 Å². The molecule has 1 heterocycles. The van der Waals surface area contributed by atoms with Crippen LogP contribution in [0.3, 0.4) is 0 Å². The molecule has 1 atom stereocenters. The number of fused-ring (bicyclic) bond motifs is 1. The van der Waals surface area contributed by atoms with Gasteiger partial charge in [0, 0.05) is 12.5 Å². The average molecular weight is 222 g/mol. The first-order chi connectivity index (χ1) is 7.61. The van der Waals surface area contributed by atoms with E-state index in [1.807, 2.05) is 6.92 Å². The van der Waals surface area contributed by atoms with Crippen molar-refractivity contribution in [3.63, 3.8) is 0 Å². The van der Waals surface area contributed by atoms with Crippen molar-refractivity contribution in [3.05, 3.63) is 23.8 Å². The molecule has 16 heavy (non-hydrogen) atoms. The number of hydrogen-bond acceptors (Lipinski definition) is 4. The van der Waals surface area contributed by atoms with Gasteiger partial charge in [-0.15, -0.1) is 0 Å². The fraction of sp³-hybridized carbons (Fsp3) is 0.417. The van der Waals surface area contributed by atoms with Crippen LogP contribution >= 0.6 is 0 Å². The maximum atomic E-state index is 11.7. The van der Waals surface area contributed by atoms with Crippen molar-refractivity contribution in [2.45, 2.75) is 25.4 Å². The van der Waals surface area contributed by atoms with E-state index < -0.39 is 5.60 Å². The predicted molar refractivity (Wildman–Crippen MR) is 57.5 cm³/mol. The van der Waals surface area contributed by atoms with Gasteiger partial charge < -0.3 is 14.6 Å². The Morgan fingerprint density at radius 1 is 1.62 bits per heavy atom. The van der Waals surface area contributed by atoms with Gasteiger partial charge in [0.05, 0.1) is 7.11 Å². The number of aromatic hydroxyl groups is 1. The number of rotatable bonds is 2. The Bertz CT molecular complexity index is 427. The summed E-state index contributed by atoms with van der Waals surface area (Å²) in [6, 6.07) is 4.88. The number of carbonyl (C=O) groups excluding carboxylic acids is 1. The highest BCUT2D eigenvalue weighted by atomic mass is 16.6. The van der Waals surface area contributed by atoms with E-state index >= 15 is 0 Å². The molecule has 0 amide bonds. The SMILES string of the molecule is CC[C@]1(C(=O)OC)Cc2ccc(O)cc2O1. The fourth-order valence-electron chi connectivity index (χ4n) is 1.98. The lowest BCUT2D eigenvalue weighted by Crippen LogP contribution is -2.43. The number of hydrogen-bond donors (Lipinski definition) is 1. The fourth-order valence-corrected chi connectivity index (χ4v) is 1.98. The molecule has 1 aromatic rings. The molecule has 1 aliphatic heterocycles. The van der Waals surface area contributed by atoms with Crippen LogP contribution in [0.5, 0.6) is 11.5 Å². The average Bonchev–Trinajstić information content (AvgIpc) is 2.67. The third-order valence-corrected chi connectivity index (χ3v) is 2.96. The summed E-state index contributed by atoms with van der Waals surface area (Å²) in [5.41, 5.74) is -0.00437. The van der Waals surface area contributed by atoms with Crippen LogP contribution in [0, 0.1) is 0 Å². The van der Waals surface area contributed by atoms with Gasteiger partial charge in [-0.3, -0.25) is 0 Å². The highest BCUT2D eigenvalue weighted by molar-refractivity contribution is 5.81. The number of methoxy groups -OCH3 is 1. The smallest absolute Gasteiger partial charge is 0.350 e. The molecule has 0 saturated heterocycles. The molecule has 1 N–H and O–H groups in total. The highest BCUT2D eigenvalue weighted by Gasteiger charge is 2.45. The van der Waals surface area contributed by atoms with E-state index in [0.29, 0.717) is 18.6 Å². The molecule has 0 fully saturated rings. The second-order valence-corrected chi connectivity index (χ2v) is 3.91. The first-order valence-electron chi connectivity index (χ1n) is 5.20. The van der Waals surface area contributed by atoms with E-state index in [1.165, 1.54) is 13.2 Å². The first kappa shape index (κ1) is 10.8. The van der Waals surface area contributed by atoms with Gasteiger partial charge >= 0.3 is 5.97 Å². The van der Waals surface area contributed by atoms with Gasteiger partial charge in [-0.25, -0.2) is 4.79 Å². The monoisotopic (exact) mass is 222 g/mol. The number of carbonyl (C=O) groups is 1. The third kappa shape index (κ3) is 1.50. The number of benzene rings is 1. The Labute approximate surface area is 93.8 Å². The van der Waals surface area contributed by atoms with Gasteiger partial charge in [-0.2, -0.15) is 0 Å². The van der Waals surface area contributed by atoms with Crippen molar-refractivity contribution in [2.75, 3.05) is 7.11 Å². The van der Waals surface area contributed by atoms with Crippen LogP contribution in [0.15, 0.2) is 18.2 Å². The molecular weight excluding hydrogens is 208 g/mol. The molecule has 0 aromatic heterocycles. The van der Waals surface area contributed by atoms with Crippen molar-refractivity contribution in [1.29, 1.82) is 0 Å². The maximum Gasteiger partial charge on any atom is 0.350 e. The largest absolute Gasteiger partial charge is 0.508 e. The van der Waals surface area contributed by atoms with E-state index in [9.17, 15) is 9.90 Å². The maximum absolute atomic E-state index is 11.7. The molecule has 86 valence electrons. The van der Waals surface area contributed by atoms with Crippen molar-refractivity contribution >= 4 is 5.97 Å². The summed E-state index contributed by atoms with van der Waals surface area (Å²) in [5.74, 6) is 0.327. The van der Waals surface area contributed by atoms with E-state index in [1.54, 1.807) is 12.1 Å². The molecular formula is C12H14O4. The van der Waals surface area contributed by atoms with Crippen LogP contribution in [-0.4, -0.2) is 23.8 Å². The predicted octanol–water partition coefficient (Wildman–Crippen LogP) is 1.65. The molecule has 0 unspecified atom stereocenters. The second-order valence-electron chi connectivity index (χ2n) is 3.91. The van der Waals surface area contributed by atoms with Gasteiger partial charge in [-0.1, -0.05) is 13.0 Å². The number of phenols is 1. The van der Waals surface area contributed by atoms with Gasteiger partial charge in [-0.05, 0) is 18.1 Å². The molecule has 0 bridgehead atoms. The summed E-state index contributed by atoms with van der Waals surface area (Å²) < 4.78 is 10.4. The van der Waals surface area contributed by atoms with Crippen LogP contribution in [0.25, 0.3) is 0 Å². The Morgan fingerprint density at radius 3 is 3.00 bits per heavy atom. The topological polar surface area (TPSA) is 55.8 Å². The zero-order chi connectivity index (χ0) is 11.8. The number of esters is 1. The van der Waals surface area contributed by atoms with Crippen LogP contribution < -0.4 is 4.74 Å². The quantitative estimate of drug-likeness (QED) is 0.773. The van der Waals surface area contributed by atoms with Crippen LogP contribution in [0.1, 0.15) is 18.9 Å². The van der Waals surface area contributed by atoms with E-state index in [-0.39, 0.29) is 11.7 Å². The number of phenolic OH excluding ortho intramolecular Hbond substituents is 1. The van der Waals surface area contributed by atoms with Gasteiger partial charge in [0.2, 0.25) is 5.60 Å². The zero-order valence-corrected chi connectivity index (χ0v) is 9.32. The summed E-state index contributed by atoms with van der Waals surface area (Å²) in [5, 5.41) is 9.34. The van der Waals surface area contributed by atoms with Crippen molar-refractivity contribution < 1.29 is 19.4 Å². The highest BCUT2D eigenvalue weighted by Crippen LogP contribution is 2.39. The summed E-state index contributed by atoms with van der Waals surface area (Å²) in [6.45, 7) is 1.88. The van der Waals surface area contributed by atoms with Gasteiger partial charge in [0.15, 0.2) is 0 Å². The second kappa shape index (κ2) is 3.70. The van der Waals surface area contributed by atoms with Crippen LogP contribution in [0.2, 0.25) is 0 Å². The molecule has 2 rings (SSSR count). The Morgan fingerprint density at radius 2 is 2.38 bits per heavy atom. The van der Waals surface area contributed by atoms with Crippen molar-refractivity contribution in [3.8, 4) is 11.5 Å². The summed E-state index contributed by atoms with van der Waals surface area (Å²) in [6.07, 6.45) is 1.03. The number of ether oxygens (including phenoxy) is 2. The molecule has 0 aliphatic carbocycles.